The van der Waals surface area contributed by atoms with Crippen LogP contribution in [0.3, 0.4) is 0 Å². The molecule has 1 saturated carbocycles. The number of nitrogens with one attached hydrogen (secondary N) is 1. The van der Waals surface area contributed by atoms with Crippen molar-refractivity contribution in [2.45, 2.75) is 39.0 Å². The molecular formula is C24H26N4O3. The summed E-state index contributed by atoms with van der Waals surface area (Å²) in [6.45, 7) is 4.36. The summed E-state index contributed by atoms with van der Waals surface area (Å²) in [5.74, 6) is 0.666. The fraction of sp³-hybridized carbons (Fsp3) is 0.375. The van der Waals surface area contributed by atoms with Crippen LogP contribution < -0.4 is 20.5 Å². The number of hydrogen-bond acceptors (Lipinski definition) is 6. The Morgan fingerprint density at radius 1 is 1.35 bits per heavy atom. The van der Waals surface area contributed by atoms with Gasteiger partial charge in [0.15, 0.2) is 0 Å². The molecular weight excluding hydrogens is 392 g/mol. The van der Waals surface area contributed by atoms with E-state index in [1.54, 1.807) is 25.4 Å². The van der Waals surface area contributed by atoms with Gasteiger partial charge in [0.05, 0.1) is 42.5 Å². The molecule has 2 aliphatic rings. The Morgan fingerprint density at radius 3 is 2.77 bits per heavy atom. The molecule has 4 rings (SSSR count). The third-order valence-electron chi connectivity index (χ3n) is 5.96. The van der Waals surface area contributed by atoms with Gasteiger partial charge in [0.1, 0.15) is 5.75 Å². The Balaban J connectivity index is 1.89. The summed E-state index contributed by atoms with van der Waals surface area (Å²) < 4.78 is 11.7. The molecule has 31 heavy (non-hydrogen) atoms. The van der Waals surface area contributed by atoms with Crippen molar-refractivity contribution in [3.63, 3.8) is 0 Å². The van der Waals surface area contributed by atoms with Gasteiger partial charge >= 0.3 is 0 Å². The van der Waals surface area contributed by atoms with Crippen molar-refractivity contribution in [3.05, 3.63) is 57.9 Å². The highest BCUT2D eigenvalue weighted by atomic mass is 16.5. The summed E-state index contributed by atoms with van der Waals surface area (Å²) in [5.41, 5.74) is 10.7. The third-order valence-corrected chi connectivity index (χ3v) is 5.96. The van der Waals surface area contributed by atoms with E-state index in [9.17, 15) is 10.1 Å². The number of aryl methyl sites for hydroxylation is 1. The number of aromatic nitrogens is 1. The van der Waals surface area contributed by atoms with Crippen molar-refractivity contribution in [2.24, 2.45) is 11.7 Å². The maximum absolute atomic E-state index is 12.6. The lowest BCUT2D eigenvalue weighted by Gasteiger charge is -2.32. The van der Waals surface area contributed by atoms with Crippen LogP contribution >= 0.6 is 0 Å². The number of fused-ring (bicyclic) bond motifs is 1. The second-order valence-corrected chi connectivity index (χ2v) is 8.15. The number of primary amides is 1. The Hall–Kier alpha value is -3.53. The van der Waals surface area contributed by atoms with E-state index in [1.165, 1.54) is 12.8 Å². The van der Waals surface area contributed by atoms with Crippen LogP contribution in [0.5, 0.6) is 11.6 Å². The van der Waals surface area contributed by atoms with Crippen LogP contribution in [0.2, 0.25) is 0 Å². The first-order valence-electron chi connectivity index (χ1n) is 10.4. The van der Waals surface area contributed by atoms with E-state index >= 15 is 0 Å². The lowest BCUT2D eigenvalue weighted by Crippen LogP contribution is -2.28. The average molecular weight is 418 g/mol. The van der Waals surface area contributed by atoms with Gasteiger partial charge in [-0.2, -0.15) is 5.26 Å². The number of methoxy groups -OCH3 is 1. The van der Waals surface area contributed by atoms with Gasteiger partial charge in [0, 0.05) is 23.0 Å². The van der Waals surface area contributed by atoms with E-state index < -0.39 is 11.8 Å². The van der Waals surface area contributed by atoms with E-state index in [0.29, 0.717) is 35.1 Å². The first kappa shape index (κ1) is 20.7. The number of benzene rings is 1. The molecule has 2 heterocycles. The van der Waals surface area contributed by atoms with Crippen molar-refractivity contribution < 1.29 is 14.3 Å². The number of rotatable bonds is 7. The van der Waals surface area contributed by atoms with Gasteiger partial charge in [-0.25, -0.2) is 4.98 Å². The molecule has 0 bridgehead atoms. The number of nitrogens with zero attached hydrogens (tertiary/aromatic N) is 2. The molecule has 1 aromatic heterocycles. The molecule has 160 valence electrons. The normalized spacial score (nSPS) is 17.4. The molecule has 1 aromatic carbocycles. The van der Waals surface area contributed by atoms with Crippen LogP contribution in [0.4, 0.5) is 5.69 Å². The van der Waals surface area contributed by atoms with Gasteiger partial charge in [-0.1, -0.05) is 18.9 Å². The van der Waals surface area contributed by atoms with E-state index in [-0.39, 0.29) is 0 Å². The van der Waals surface area contributed by atoms with Crippen molar-refractivity contribution in [2.75, 3.05) is 19.0 Å². The number of amides is 1. The number of pyridine rings is 1. The second-order valence-electron chi connectivity index (χ2n) is 8.15. The molecule has 1 aliphatic heterocycles. The van der Waals surface area contributed by atoms with Gasteiger partial charge in [-0.05, 0) is 43.9 Å². The number of allylic oxidation sites excluding steroid dienone is 1. The van der Waals surface area contributed by atoms with Crippen molar-refractivity contribution in [1.29, 1.82) is 5.26 Å². The van der Waals surface area contributed by atoms with Crippen LogP contribution in [0.1, 0.15) is 54.4 Å². The van der Waals surface area contributed by atoms with Crippen molar-refractivity contribution in [1.82, 2.24) is 4.98 Å². The van der Waals surface area contributed by atoms with Gasteiger partial charge in [-0.3, -0.25) is 4.79 Å². The Morgan fingerprint density at radius 2 is 2.13 bits per heavy atom. The SMILES string of the molecule is COc1cc(C#N)ccc1C1C(C(N)=O)=C(C)Nc2c(C)cnc(OCCC3CC3)c21. The standard InChI is InChI=1S/C24H26N4O3/c1-13-12-27-24(31-9-8-15-4-5-15)21-20(19(23(26)29)14(2)28-22(13)21)17-7-6-16(11-25)10-18(17)30-3/h6-7,10,12,15,20,28H,4-5,8-9H2,1-3H3,(H2,26,29). The van der Waals surface area contributed by atoms with E-state index in [2.05, 4.69) is 16.4 Å². The molecule has 1 aliphatic carbocycles. The molecule has 1 atom stereocenters. The zero-order valence-electron chi connectivity index (χ0n) is 18.0. The predicted molar refractivity (Wildman–Crippen MR) is 117 cm³/mol. The second kappa shape index (κ2) is 8.31. The summed E-state index contributed by atoms with van der Waals surface area (Å²) in [4.78, 5) is 17.1. The van der Waals surface area contributed by atoms with Crippen molar-refractivity contribution >= 4 is 11.6 Å². The highest BCUT2D eigenvalue weighted by Gasteiger charge is 2.37. The molecule has 0 spiro atoms. The molecule has 7 nitrogen and oxygen atoms in total. The number of carbonyl (C=O) groups is 1. The van der Waals surface area contributed by atoms with Crippen LogP contribution in [-0.2, 0) is 4.79 Å². The lowest BCUT2D eigenvalue weighted by atomic mass is 9.79. The summed E-state index contributed by atoms with van der Waals surface area (Å²) in [6.07, 6.45) is 5.26. The highest BCUT2D eigenvalue weighted by Crippen LogP contribution is 2.49. The summed E-state index contributed by atoms with van der Waals surface area (Å²) in [6, 6.07) is 7.32. The topological polar surface area (TPSA) is 110 Å². The number of nitriles is 1. The molecule has 2 aromatic rings. The average Bonchev–Trinajstić information content (AvgIpc) is 3.58. The van der Waals surface area contributed by atoms with Crippen molar-refractivity contribution in [3.8, 4) is 17.7 Å². The summed E-state index contributed by atoms with van der Waals surface area (Å²) >= 11 is 0. The Labute approximate surface area is 181 Å². The Bertz CT molecular complexity index is 1110. The smallest absolute Gasteiger partial charge is 0.247 e. The Kier molecular flexibility index (Phi) is 5.55. The molecule has 1 fully saturated rings. The number of nitrogens with two attached hydrogens (primary N) is 1. The van der Waals surface area contributed by atoms with E-state index in [1.807, 2.05) is 19.9 Å². The summed E-state index contributed by atoms with van der Waals surface area (Å²) in [5, 5.41) is 12.6. The monoisotopic (exact) mass is 418 g/mol. The minimum Gasteiger partial charge on any atom is -0.496 e. The van der Waals surface area contributed by atoms with Gasteiger partial charge < -0.3 is 20.5 Å². The van der Waals surface area contributed by atoms with Crippen LogP contribution in [0.15, 0.2) is 35.7 Å². The quantitative estimate of drug-likeness (QED) is 0.708. The number of ether oxygens (including phenoxy) is 2. The summed E-state index contributed by atoms with van der Waals surface area (Å²) in [7, 11) is 1.55. The fourth-order valence-electron chi connectivity index (χ4n) is 4.16. The number of anilines is 1. The molecule has 0 saturated heterocycles. The minimum absolute atomic E-state index is 0.426. The largest absolute Gasteiger partial charge is 0.496 e. The first-order valence-corrected chi connectivity index (χ1v) is 10.4. The zero-order valence-corrected chi connectivity index (χ0v) is 18.0. The maximum atomic E-state index is 12.6. The molecule has 0 radical (unpaired) electrons. The number of hydrogen-bond donors (Lipinski definition) is 2. The van der Waals surface area contributed by atoms with E-state index in [0.717, 1.165) is 34.7 Å². The minimum atomic E-state index is -0.530. The molecule has 1 amide bonds. The van der Waals surface area contributed by atoms with Gasteiger partial charge in [0.2, 0.25) is 11.8 Å². The zero-order chi connectivity index (χ0) is 22.1. The van der Waals surface area contributed by atoms with E-state index in [4.69, 9.17) is 15.2 Å². The first-order chi connectivity index (χ1) is 14.9. The van der Waals surface area contributed by atoms with Crippen LogP contribution in [0, 0.1) is 24.2 Å². The fourth-order valence-corrected chi connectivity index (χ4v) is 4.16. The predicted octanol–water partition coefficient (Wildman–Crippen LogP) is 3.77. The van der Waals surface area contributed by atoms with Crippen LogP contribution in [-0.4, -0.2) is 24.6 Å². The van der Waals surface area contributed by atoms with Crippen LogP contribution in [0.25, 0.3) is 0 Å². The van der Waals surface area contributed by atoms with Gasteiger partial charge in [-0.15, -0.1) is 0 Å². The third kappa shape index (κ3) is 3.93. The molecule has 1 unspecified atom stereocenters. The maximum Gasteiger partial charge on any atom is 0.247 e. The van der Waals surface area contributed by atoms with Gasteiger partial charge in [0.25, 0.3) is 0 Å². The number of carbonyl (C=O) groups excluding carboxylic acids is 1. The molecule has 3 N–H and O–H groups in total. The molecule has 7 heteroatoms. The highest BCUT2D eigenvalue weighted by molar-refractivity contribution is 5.98. The lowest BCUT2D eigenvalue weighted by molar-refractivity contribution is -0.114.